The Morgan fingerprint density at radius 2 is 1.89 bits per heavy atom. The Morgan fingerprint density at radius 3 is 2.39 bits per heavy atom. The molecule has 5 heteroatoms. The molecule has 1 aromatic carbocycles. The lowest BCUT2D eigenvalue weighted by Gasteiger charge is -2.11. The summed E-state index contributed by atoms with van der Waals surface area (Å²) in [6.07, 6.45) is -0.188. The Balaban J connectivity index is 2.21. The van der Waals surface area contributed by atoms with Crippen LogP contribution in [0.2, 0.25) is 10.0 Å². The summed E-state index contributed by atoms with van der Waals surface area (Å²) in [6.45, 7) is 1.85. The first-order chi connectivity index (χ1) is 8.49. The van der Waals surface area contributed by atoms with Crippen molar-refractivity contribution in [1.29, 1.82) is 0 Å². The third kappa shape index (κ3) is 2.69. The fourth-order valence-corrected chi connectivity index (χ4v) is 2.25. The summed E-state index contributed by atoms with van der Waals surface area (Å²) in [5, 5.41) is 15.7. The highest BCUT2D eigenvalue weighted by molar-refractivity contribution is 6.31. The smallest absolute Gasteiger partial charge is 0.0848 e. The van der Waals surface area contributed by atoms with Gasteiger partial charge in [0.2, 0.25) is 0 Å². The summed E-state index contributed by atoms with van der Waals surface area (Å²) in [5.74, 6) is 0. The van der Waals surface area contributed by atoms with Crippen LogP contribution in [0, 0.1) is 6.92 Å². The number of hydrogen-bond donors (Lipinski definition) is 1. The predicted octanol–water partition coefficient (Wildman–Crippen LogP) is 3.31. The first-order valence-corrected chi connectivity index (χ1v) is 6.36. The minimum Gasteiger partial charge on any atom is -0.388 e. The zero-order valence-corrected chi connectivity index (χ0v) is 11.7. The first-order valence-electron chi connectivity index (χ1n) is 5.60. The highest BCUT2D eigenvalue weighted by Gasteiger charge is 2.16. The molecular weight excluding hydrogens is 271 g/mol. The largest absolute Gasteiger partial charge is 0.388 e. The Kier molecular flexibility index (Phi) is 3.95. The van der Waals surface area contributed by atoms with Crippen molar-refractivity contribution in [1.82, 2.24) is 9.78 Å². The normalized spacial score (nSPS) is 12.7. The second-order valence-corrected chi connectivity index (χ2v) is 5.06. The van der Waals surface area contributed by atoms with Crippen LogP contribution < -0.4 is 0 Å². The van der Waals surface area contributed by atoms with Crippen LogP contribution in [-0.4, -0.2) is 14.9 Å². The molecule has 2 aromatic rings. The molecule has 1 heterocycles. The second-order valence-electron chi connectivity index (χ2n) is 4.24. The van der Waals surface area contributed by atoms with Crippen molar-refractivity contribution >= 4 is 23.2 Å². The molecule has 0 saturated heterocycles. The quantitative estimate of drug-likeness (QED) is 0.939. The minimum atomic E-state index is -0.616. The molecule has 2 rings (SSSR count). The van der Waals surface area contributed by atoms with Gasteiger partial charge in [0.25, 0.3) is 0 Å². The van der Waals surface area contributed by atoms with Gasteiger partial charge in [-0.05, 0) is 24.6 Å². The van der Waals surface area contributed by atoms with Crippen molar-refractivity contribution in [2.24, 2.45) is 7.05 Å². The fraction of sp³-hybridized carbons (Fsp3) is 0.308. The molecule has 0 amide bonds. The van der Waals surface area contributed by atoms with Crippen LogP contribution in [-0.2, 0) is 13.5 Å². The maximum atomic E-state index is 10.2. The summed E-state index contributed by atoms with van der Waals surface area (Å²) in [6, 6.07) is 7.14. The minimum absolute atomic E-state index is 0.428. The molecule has 0 aliphatic carbocycles. The second kappa shape index (κ2) is 5.31. The van der Waals surface area contributed by atoms with E-state index in [1.807, 2.05) is 26.1 Å². The molecule has 0 spiro atoms. The summed E-state index contributed by atoms with van der Waals surface area (Å²) < 4.78 is 1.71. The van der Waals surface area contributed by atoms with Crippen LogP contribution in [0.3, 0.4) is 0 Å². The molecule has 1 aromatic heterocycles. The monoisotopic (exact) mass is 284 g/mol. The van der Waals surface area contributed by atoms with Gasteiger partial charge in [-0.1, -0.05) is 35.3 Å². The number of aliphatic hydroxyl groups excluding tert-OH is 1. The lowest BCUT2D eigenvalue weighted by molar-refractivity contribution is 0.176. The molecule has 1 N–H and O–H groups in total. The lowest BCUT2D eigenvalue weighted by atomic mass is 10.0. The van der Waals surface area contributed by atoms with E-state index in [9.17, 15) is 5.11 Å². The van der Waals surface area contributed by atoms with Crippen LogP contribution in [0.1, 0.15) is 23.1 Å². The molecule has 0 bridgehead atoms. The number of nitrogens with zero attached hydrogens (tertiary/aromatic N) is 2. The van der Waals surface area contributed by atoms with E-state index < -0.39 is 6.10 Å². The number of rotatable bonds is 3. The molecule has 1 unspecified atom stereocenters. The Bertz CT molecular complexity index is 549. The van der Waals surface area contributed by atoms with E-state index in [2.05, 4.69) is 5.10 Å². The summed E-state index contributed by atoms with van der Waals surface area (Å²) in [7, 11) is 1.82. The van der Waals surface area contributed by atoms with Gasteiger partial charge in [-0.2, -0.15) is 5.10 Å². The third-order valence-electron chi connectivity index (χ3n) is 2.90. The van der Waals surface area contributed by atoms with Crippen LogP contribution in [0.4, 0.5) is 0 Å². The van der Waals surface area contributed by atoms with Crippen molar-refractivity contribution in [2.75, 3.05) is 0 Å². The standard InChI is InChI=1S/C13H14Cl2N2O/c1-8-13(15)11(17(2)16-8)7-12(18)9-3-5-10(14)6-4-9/h3-6,12,18H,7H2,1-2H3. The number of halogens is 2. The number of aromatic nitrogens is 2. The van der Waals surface area contributed by atoms with E-state index in [4.69, 9.17) is 23.2 Å². The van der Waals surface area contributed by atoms with Crippen molar-refractivity contribution in [3.63, 3.8) is 0 Å². The van der Waals surface area contributed by atoms with E-state index in [0.717, 1.165) is 17.0 Å². The maximum Gasteiger partial charge on any atom is 0.0848 e. The summed E-state index contributed by atoms with van der Waals surface area (Å²) >= 11 is 12.0. The van der Waals surface area contributed by atoms with E-state index in [1.54, 1.807) is 16.8 Å². The molecule has 96 valence electrons. The molecule has 3 nitrogen and oxygen atoms in total. The van der Waals surface area contributed by atoms with Gasteiger partial charge in [0.1, 0.15) is 0 Å². The molecule has 0 aliphatic heterocycles. The number of benzene rings is 1. The zero-order chi connectivity index (χ0) is 13.3. The van der Waals surface area contributed by atoms with Crippen molar-refractivity contribution < 1.29 is 5.11 Å². The van der Waals surface area contributed by atoms with Crippen molar-refractivity contribution in [3.8, 4) is 0 Å². The molecule has 0 fully saturated rings. The average molecular weight is 285 g/mol. The van der Waals surface area contributed by atoms with Crippen LogP contribution in [0.25, 0.3) is 0 Å². The molecule has 18 heavy (non-hydrogen) atoms. The van der Waals surface area contributed by atoms with Gasteiger partial charge in [0.15, 0.2) is 0 Å². The van der Waals surface area contributed by atoms with Gasteiger partial charge < -0.3 is 5.11 Å². The number of aryl methyl sites for hydroxylation is 2. The predicted molar refractivity (Wildman–Crippen MR) is 73.1 cm³/mol. The summed E-state index contributed by atoms with van der Waals surface area (Å²) in [5.41, 5.74) is 2.42. The number of hydrogen-bond acceptors (Lipinski definition) is 2. The summed E-state index contributed by atoms with van der Waals surface area (Å²) in [4.78, 5) is 0. The van der Waals surface area contributed by atoms with Crippen LogP contribution in [0.5, 0.6) is 0 Å². The Morgan fingerprint density at radius 1 is 1.28 bits per heavy atom. The highest BCUT2D eigenvalue weighted by Crippen LogP contribution is 2.26. The van der Waals surface area contributed by atoms with Crippen molar-refractivity contribution in [3.05, 3.63) is 51.3 Å². The van der Waals surface area contributed by atoms with E-state index >= 15 is 0 Å². The van der Waals surface area contributed by atoms with Gasteiger partial charge in [0.05, 0.1) is 22.5 Å². The lowest BCUT2D eigenvalue weighted by Crippen LogP contribution is -2.06. The maximum absolute atomic E-state index is 10.2. The third-order valence-corrected chi connectivity index (χ3v) is 3.65. The SMILES string of the molecule is Cc1nn(C)c(CC(O)c2ccc(Cl)cc2)c1Cl. The van der Waals surface area contributed by atoms with Crippen LogP contribution in [0.15, 0.2) is 24.3 Å². The molecule has 1 atom stereocenters. The van der Waals surface area contributed by atoms with E-state index in [0.29, 0.717) is 16.5 Å². The van der Waals surface area contributed by atoms with Crippen LogP contribution >= 0.6 is 23.2 Å². The van der Waals surface area contributed by atoms with E-state index in [1.165, 1.54) is 0 Å². The topological polar surface area (TPSA) is 38.0 Å². The van der Waals surface area contributed by atoms with E-state index in [-0.39, 0.29) is 0 Å². The molecule has 0 radical (unpaired) electrons. The Labute approximate surface area is 116 Å². The van der Waals surface area contributed by atoms with Gasteiger partial charge in [-0.15, -0.1) is 0 Å². The molecule has 0 aliphatic rings. The first kappa shape index (κ1) is 13.4. The average Bonchev–Trinajstić information content (AvgIpc) is 2.57. The molecule has 0 saturated carbocycles. The van der Waals surface area contributed by atoms with Gasteiger partial charge >= 0.3 is 0 Å². The fourth-order valence-electron chi connectivity index (χ4n) is 1.89. The number of aliphatic hydroxyl groups is 1. The van der Waals surface area contributed by atoms with Gasteiger partial charge in [-0.3, -0.25) is 4.68 Å². The molecular formula is C13H14Cl2N2O. The van der Waals surface area contributed by atoms with Gasteiger partial charge in [0, 0.05) is 18.5 Å². The Hall–Kier alpha value is -1.03. The van der Waals surface area contributed by atoms with Crippen molar-refractivity contribution in [2.45, 2.75) is 19.4 Å². The highest BCUT2D eigenvalue weighted by atomic mass is 35.5. The zero-order valence-electron chi connectivity index (χ0n) is 10.2. The van der Waals surface area contributed by atoms with Gasteiger partial charge in [-0.25, -0.2) is 0 Å².